The summed E-state index contributed by atoms with van der Waals surface area (Å²) in [6, 6.07) is 0. The van der Waals surface area contributed by atoms with Crippen molar-refractivity contribution in [2.24, 2.45) is 0 Å². The molecule has 0 N–H and O–H groups in total. The summed E-state index contributed by atoms with van der Waals surface area (Å²) in [7, 11) is 0. The molecule has 15 heavy (non-hydrogen) atoms. The average molecular weight is 250 g/mol. The van der Waals surface area contributed by atoms with Gasteiger partial charge in [0.1, 0.15) is 0 Å². The molecular formula is C10H18O3S2. The second-order valence-electron chi connectivity index (χ2n) is 4.82. The lowest BCUT2D eigenvalue weighted by Crippen LogP contribution is -2.25. The van der Waals surface area contributed by atoms with E-state index < -0.39 is 21.4 Å². The van der Waals surface area contributed by atoms with Crippen molar-refractivity contribution in [1.29, 1.82) is 0 Å². The molecule has 0 amide bonds. The van der Waals surface area contributed by atoms with Crippen LogP contribution in [-0.2, 0) is 14.3 Å². The number of thiol groups is 2. The Labute approximate surface area is 102 Å². The molecule has 0 bridgehead atoms. The second-order valence-corrected chi connectivity index (χ2v) is 7.25. The Bertz CT molecular complexity index is 222. The maximum atomic E-state index is 11.2. The third kappa shape index (κ3) is 10.1. The highest BCUT2D eigenvalue weighted by molar-refractivity contribution is 7.82. The molecule has 0 fully saturated rings. The fourth-order valence-electron chi connectivity index (χ4n) is 0.906. The largest absolute Gasteiger partial charge is 0.393 e. The minimum Gasteiger partial charge on any atom is -0.393 e. The van der Waals surface area contributed by atoms with Gasteiger partial charge in [-0.2, -0.15) is 25.3 Å². The van der Waals surface area contributed by atoms with Crippen LogP contribution in [0.1, 0.15) is 40.5 Å². The van der Waals surface area contributed by atoms with Crippen LogP contribution in [0.4, 0.5) is 0 Å². The van der Waals surface area contributed by atoms with Crippen molar-refractivity contribution in [1.82, 2.24) is 0 Å². The lowest BCUT2D eigenvalue weighted by atomic mass is 10.1. The van der Waals surface area contributed by atoms with E-state index in [2.05, 4.69) is 30.0 Å². The SMILES string of the molecule is CC(C)(S)CC(=O)OC(=O)CC(C)(C)S. The normalized spacial score (nSPS) is 12.4. The van der Waals surface area contributed by atoms with Crippen LogP contribution < -0.4 is 0 Å². The quantitative estimate of drug-likeness (QED) is 0.457. The fourth-order valence-corrected chi connectivity index (χ4v) is 1.16. The summed E-state index contributed by atoms with van der Waals surface area (Å²) >= 11 is 8.35. The van der Waals surface area contributed by atoms with Gasteiger partial charge in [-0.3, -0.25) is 9.59 Å². The predicted octanol–water partition coefficient (Wildman–Crippen LogP) is 2.25. The van der Waals surface area contributed by atoms with E-state index in [1.54, 1.807) is 27.7 Å². The Morgan fingerprint density at radius 1 is 0.933 bits per heavy atom. The molecule has 0 rings (SSSR count). The lowest BCUT2D eigenvalue weighted by molar-refractivity contribution is -0.160. The van der Waals surface area contributed by atoms with Crippen LogP contribution in [0.3, 0.4) is 0 Å². The van der Waals surface area contributed by atoms with Crippen LogP contribution in [0.15, 0.2) is 0 Å². The average Bonchev–Trinajstić information content (AvgIpc) is 1.73. The summed E-state index contributed by atoms with van der Waals surface area (Å²) in [6.45, 7) is 7.13. The van der Waals surface area contributed by atoms with Gasteiger partial charge in [-0.15, -0.1) is 0 Å². The highest BCUT2D eigenvalue weighted by Crippen LogP contribution is 2.20. The number of carbonyl (C=O) groups is 2. The van der Waals surface area contributed by atoms with E-state index in [1.165, 1.54) is 0 Å². The Morgan fingerprint density at radius 3 is 1.40 bits per heavy atom. The molecule has 0 spiro atoms. The third-order valence-corrected chi connectivity index (χ3v) is 1.70. The first-order valence-corrected chi connectivity index (χ1v) is 5.57. The number of hydrogen-bond donors (Lipinski definition) is 2. The zero-order chi connectivity index (χ0) is 12.3. The van der Waals surface area contributed by atoms with E-state index in [1.807, 2.05) is 0 Å². The van der Waals surface area contributed by atoms with Crippen LogP contribution in [0, 0.1) is 0 Å². The molecule has 0 saturated heterocycles. The van der Waals surface area contributed by atoms with Crippen molar-refractivity contribution < 1.29 is 14.3 Å². The molecule has 5 heteroatoms. The molecule has 0 aromatic carbocycles. The standard InChI is InChI=1S/C10H18O3S2/c1-9(2,14)5-7(11)13-8(12)6-10(3,4)15/h14-15H,5-6H2,1-4H3. The highest BCUT2D eigenvalue weighted by atomic mass is 32.1. The Balaban J connectivity index is 4.04. The van der Waals surface area contributed by atoms with Crippen molar-refractivity contribution in [3.05, 3.63) is 0 Å². The molecule has 0 unspecified atom stereocenters. The van der Waals surface area contributed by atoms with Crippen LogP contribution in [0.5, 0.6) is 0 Å². The third-order valence-electron chi connectivity index (χ3n) is 1.38. The molecule has 0 aliphatic carbocycles. The van der Waals surface area contributed by atoms with Gasteiger partial charge < -0.3 is 4.74 Å². The summed E-state index contributed by atoms with van der Waals surface area (Å²) in [5, 5.41) is 0. The zero-order valence-corrected chi connectivity index (χ0v) is 11.3. The van der Waals surface area contributed by atoms with Gasteiger partial charge in [0, 0.05) is 9.49 Å². The van der Waals surface area contributed by atoms with Crippen molar-refractivity contribution in [3.8, 4) is 0 Å². The molecule has 0 radical (unpaired) electrons. The van der Waals surface area contributed by atoms with Crippen LogP contribution in [-0.4, -0.2) is 21.4 Å². The van der Waals surface area contributed by atoms with Gasteiger partial charge in [-0.05, 0) is 0 Å². The monoisotopic (exact) mass is 250 g/mol. The maximum absolute atomic E-state index is 11.2. The van der Waals surface area contributed by atoms with E-state index in [9.17, 15) is 9.59 Å². The van der Waals surface area contributed by atoms with Crippen molar-refractivity contribution >= 4 is 37.2 Å². The fraction of sp³-hybridized carbons (Fsp3) is 0.800. The zero-order valence-electron chi connectivity index (χ0n) is 9.53. The Hall–Kier alpha value is -0.160. The number of carbonyl (C=O) groups excluding carboxylic acids is 2. The van der Waals surface area contributed by atoms with Crippen LogP contribution in [0.25, 0.3) is 0 Å². The van der Waals surface area contributed by atoms with E-state index in [0.717, 1.165) is 0 Å². The van der Waals surface area contributed by atoms with Crippen molar-refractivity contribution in [3.63, 3.8) is 0 Å². The first-order chi connectivity index (χ1) is 6.49. The Morgan fingerprint density at radius 2 is 1.20 bits per heavy atom. The van der Waals surface area contributed by atoms with E-state index in [0.29, 0.717) is 0 Å². The molecule has 88 valence electrons. The molecular weight excluding hydrogens is 232 g/mol. The molecule has 0 atom stereocenters. The van der Waals surface area contributed by atoms with Gasteiger partial charge >= 0.3 is 11.9 Å². The maximum Gasteiger partial charge on any atom is 0.314 e. The highest BCUT2D eigenvalue weighted by Gasteiger charge is 2.23. The van der Waals surface area contributed by atoms with Gasteiger partial charge in [0.15, 0.2) is 0 Å². The smallest absolute Gasteiger partial charge is 0.314 e. The first kappa shape index (κ1) is 14.8. The minimum absolute atomic E-state index is 0.106. The number of esters is 2. The Kier molecular flexibility index (Phi) is 5.20. The minimum atomic E-state index is -0.544. The topological polar surface area (TPSA) is 43.4 Å². The number of hydrogen-bond acceptors (Lipinski definition) is 5. The molecule has 3 nitrogen and oxygen atoms in total. The number of ether oxygens (including phenoxy) is 1. The molecule has 0 aliphatic heterocycles. The van der Waals surface area contributed by atoms with Crippen LogP contribution in [0.2, 0.25) is 0 Å². The molecule has 0 heterocycles. The number of rotatable bonds is 4. The van der Waals surface area contributed by atoms with Crippen LogP contribution >= 0.6 is 25.3 Å². The molecule has 0 saturated carbocycles. The van der Waals surface area contributed by atoms with Gasteiger partial charge in [0.05, 0.1) is 12.8 Å². The summed E-state index contributed by atoms with van der Waals surface area (Å²) < 4.78 is 3.70. The summed E-state index contributed by atoms with van der Waals surface area (Å²) in [5.41, 5.74) is 0. The first-order valence-electron chi connectivity index (χ1n) is 4.68. The van der Waals surface area contributed by atoms with E-state index in [-0.39, 0.29) is 12.8 Å². The van der Waals surface area contributed by atoms with Gasteiger partial charge in [-0.25, -0.2) is 0 Å². The molecule has 0 aliphatic rings. The van der Waals surface area contributed by atoms with Gasteiger partial charge in [0.25, 0.3) is 0 Å². The van der Waals surface area contributed by atoms with Gasteiger partial charge in [-0.1, -0.05) is 27.7 Å². The summed E-state index contributed by atoms with van der Waals surface area (Å²) in [6.07, 6.45) is 0.212. The summed E-state index contributed by atoms with van der Waals surface area (Å²) in [4.78, 5) is 22.5. The van der Waals surface area contributed by atoms with Crippen molar-refractivity contribution in [2.45, 2.75) is 50.0 Å². The second kappa shape index (κ2) is 5.25. The van der Waals surface area contributed by atoms with Gasteiger partial charge in [0.2, 0.25) is 0 Å². The lowest BCUT2D eigenvalue weighted by Gasteiger charge is -2.17. The predicted molar refractivity (Wildman–Crippen MR) is 66.5 cm³/mol. The molecule has 0 aromatic rings. The van der Waals surface area contributed by atoms with Crippen molar-refractivity contribution in [2.75, 3.05) is 0 Å². The summed E-state index contributed by atoms with van der Waals surface area (Å²) in [5.74, 6) is -1.09. The van der Waals surface area contributed by atoms with E-state index in [4.69, 9.17) is 0 Å². The van der Waals surface area contributed by atoms with E-state index >= 15 is 0 Å². The molecule has 0 aromatic heterocycles.